The Morgan fingerprint density at radius 3 is 3.00 bits per heavy atom. The standard InChI is InChI=1S/C9H15NO/c1-7-4-5-8-3-2-6-10(8)9(7)11/h7-8H,2-6H2,1H3/t7-,8+/m0/s1. The van der Waals surface area contributed by atoms with E-state index in [1.807, 2.05) is 0 Å². The Hall–Kier alpha value is -0.530. The third kappa shape index (κ3) is 1.05. The second-order valence-corrected chi connectivity index (χ2v) is 3.81. The van der Waals surface area contributed by atoms with Crippen molar-refractivity contribution < 1.29 is 4.79 Å². The van der Waals surface area contributed by atoms with E-state index in [-0.39, 0.29) is 0 Å². The molecule has 2 fully saturated rings. The molecule has 2 heteroatoms. The fraction of sp³-hybridized carbons (Fsp3) is 0.889. The molecule has 2 rings (SSSR count). The van der Waals surface area contributed by atoms with Crippen molar-refractivity contribution in [1.29, 1.82) is 0 Å². The van der Waals surface area contributed by atoms with E-state index in [1.165, 1.54) is 19.3 Å². The van der Waals surface area contributed by atoms with Crippen LogP contribution in [0.5, 0.6) is 0 Å². The first-order valence-corrected chi connectivity index (χ1v) is 4.59. The van der Waals surface area contributed by atoms with Gasteiger partial charge < -0.3 is 4.90 Å². The first-order chi connectivity index (χ1) is 5.29. The predicted octanol–water partition coefficient (Wildman–Crippen LogP) is 1.41. The number of rotatable bonds is 0. The molecule has 1 amide bonds. The zero-order chi connectivity index (χ0) is 7.84. The molecular formula is C9H15NO. The summed E-state index contributed by atoms with van der Waals surface area (Å²) in [5, 5.41) is 0. The number of fused-ring (bicyclic) bond motifs is 1. The number of hydrogen-bond acceptors (Lipinski definition) is 1. The average molecular weight is 153 g/mol. The zero-order valence-corrected chi connectivity index (χ0v) is 7.05. The van der Waals surface area contributed by atoms with Crippen LogP contribution in [0.4, 0.5) is 0 Å². The third-order valence-corrected chi connectivity index (χ3v) is 3.01. The molecule has 0 radical (unpaired) electrons. The summed E-state index contributed by atoms with van der Waals surface area (Å²) in [6.07, 6.45) is 4.83. The maximum Gasteiger partial charge on any atom is 0.225 e. The van der Waals surface area contributed by atoms with Crippen LogP contribution in [-0.4, -0.2) is 23.4 Å². The third-order valence-electron chi connectivity index (χ3n) is 3.01. The van der Waals surface area contributed by atoms with Crippen molar-refractivity contribution in [2.75, 3.05) is 6.54 Å². The van der Waals surface area contributed by atoms with Crippen LogP contribution < -0.4 is 0 Å². The van der Waals surface area contributed by atoms with Crippen molar-refractivity contribution >= 4 is 5.91 Å². The van der Waals surface area contributed by atoms with Crippen LogP contribution >= 0.6 is 0 Å². The summed E-state index contributed by atoms with van der Waals surface area (Å²) in [5.41, 5.74) is 0. The summed E-state index contributed by atoms with van der Waals surface area (Å²) < 4.78 is 0. The van der Waals surface area contributed by atoms with Gasteiger partial charge >= 0.3 is 0 Å². The molecule has 0 spiro atoms. The number of piperidine rings is 1. The van der Waals surface area contributed by atoms with Crippen LogP contribution in [0.3, 0.4) is 0 Å². The van der Waals surface area contributed by atoms with Crippen LogP contribution in [0.25, 0.3) is 0 Å². The highest BCUT2D eigenvalue weighted by atomic mass is 16.2. The Kier molecular flexibility index (Phi) is 1.63. The number of carbonyl (C=O) groups excluding carboxylic acids is 1. The predicted molar refractivity (Wildman–Crippen MR) is 43.1 cm³/mol. The maximum atomic E-state index is 11.5. The second-order valence-electron chi connectivity index (χ2n) is 3.81. The Morgan fingerprint density at radius 2 is 2.18 bits per heavy atom. The summed E-state index contributed by atoms with van der Waals surface area (Å²) in [6.45, 7) is 3.07. The first-order valence-electron chi connectivity index (χ1n) is 4.59. The van der Waals surface area contributed by atoms with E-state index in [1.54, 1.807) is 0 Å². The van der Waals surface area contributed by atoms with Crippen LogP contribution in [0.15, 0.2) is 0 Å². The van der Waals surface area contributed by atoms with Gasteiger partial charge in [-0.3, -0.25) is 4.79 Å². The Morgan fingerprint density at radius 1 is 1.36 bits per heavy atom. The van der Waals surface area contributed by atoms with E-state index in [0.29, 0.717) is 17.9 Å². The normalized spacial score (nSPS) is 37.5. The molecule has 0 aromatic heterocycles. The molecule has 2 heterocycles. The van der Waals surface area contributed by atoms with E-state index >= 15 is 0 Å². The molecule has 62 valence electrons. The highest BCUT2D eigenvalue weighted by Crippen LogP contribution is 2.30. The number of carbonyl (C=O) groups is 1. The average Bonchev–Trinajstić information content (AvgIpc) is 2.45. The SMILES string of the molecule is C[C@H]1CC[C@H]2CCCN2C1=O. The largest absolute Gasteiger partial charge is 0.339 e. The molecule has 2 saturated heterocycles. The maximum absolute atomic E-state index is 11.5. The summed E-state index contributed by atoms with van der Waals surface area (Å²) in [4.78, 5) is 13.6. The molecule has 2 aliphatic heterocycles. The lowest BCUT2D eigenvalue weighted by molar-refractivity contribution is -0.139. The number of nitrogens with zero attached hydrogens (tertiary/aromatic N) is 1. The lowest BCUT2D eigenvalue weighted by Crippen LogP contribution is -2.43. The molecule has 0 N–H and O–H groups in total. The summed E-state index contributed by atoms with van der Waals surface area (Å²) >= 11 is 0. The molecule has 0 aromatic rings. The molecule has 2 atom stereocenters. The molecular weight excluding hydrogens is 138 g/mol. The first kappa shape index (κ1) is 7.14. The highest BCUT2D eigenvalue weighted by molar-refractivity contribution is 5.79. The van der Waals surface area contributed by atoms with Gasteiger partial charge in [-0.1, -0.05) is 6.92 Å². The minimum atomic E-state index is 0.296. The molecule has 0 unspecified atom stereocenters. The smallest absolute Gasteiger partial charge is 0.225 e. The lowest BCUT2D eigenvalue weighted by atomic mass is 9.94. The van der Waals surface area contributed by atoms with E-state index in [2.05, 4.69) is 11.8 Å². The van der Waals surface area contributed by atoms with Crippen LogP contribution in [0, 0.1) is 5.92 Å². The van der Waals surface area contributed by atoms with Crippen LogP contribution in [-0.2, 0) is 4.79 Å². The van der Waals surface area contributed by atoms with Gasteiger partial charge in [0.1, 0.15) is 0 Å². The van der Waals surface area contributed by atoms with Crippen LogP contribution in [0.1, 0.15) is 32.6 Å². The van der Waals surface area contributed by atoms with Crippen LogP contribution in [0.2, 0.25) is 0 Å². The molecule has 2 aliphatic rings. The van der Waals surface area contributed by atoms with Gasteiger partial charge in [-0.05, 0) is 25.7 Å². The van der Waals surface area contributed by atoms with Gasteiger partial charge in [0.25, 0.3) is 0 Å². The van der Waals surface area contributed by atoms with Crippen molar-refractivity contribution in [1.82, 2.24) is 4.90 Å². The highest BCUT2D eigenvalue weighted by Gasteiger charge is 2.35. The van der Waals surface area contributed by atoms with Gasteiger partial charge in [-0.15, -0.1) is 0 Å². The van der Waals surface area contributed by atoms with E-state index < -0.39 is 0 Å². The van der Waals surface area contributed by atoms with Crippen molar-refractivity contribution in [2.24, 2.45) is 5.92 Å². The van der Waals surface area contributed by atoms with Crippen molar-refractivity contribution in [2.45, 2.75) is 38.6 Å². The van der Waals surface area contributed by atoms with Crippen molar-refractivity contribution in [3.05, 3.63) is 0 Å². The number of amides is 1. The molecule has 11 heavy (non-hydrogen) atoms. The fourth-order valence-corrected chi connectivity index (χ4v) is 2.27. The molecule has 0 bridgehead atoms. The zero-order valence-electron chi connectivity index (χ0n) is 7.05. The topological polar surface area (TPSA) is 20.3 Å². The van der Waals surface area contributed by atoms with E-state index in [0.717, 1.165) is 13.0 Å². The van der Waals surface area contributed by atoms with Gasteiger partial charge in [0, 0.05) is 18.5 Å². The molecule has 2 nitrogen and oxygen atoms in total. The van der Waals surface area contributed by atoms with Gasteiger partial charge in [-0.25, -0.2) is 0 Å². The number of hydrogen-bond donors (Lipinski definition) is 0. The van der Waals surface area contributed by atoms with E-state index in [9.17, 15) is 4.79 Å². The fourth-order valence-electron chi connectivity index (χ4n) is 2.27. The van der Waals surface area contributed by atoms with Gasteiger partial charge in [-0.2, -0.15) is 0 Å². The Labute approximate surface area is 67.6 Å². The summed E-state index contributed by atoms with van der Waals surface area (Å²) in [7, 11) is 0. The van der Waals surface area contributed by atoms with E-state index in [4.69, 9.17) is 0 Å². The molecule has 0 aliphatic carbocycles. The van der Waals surface area contributed by atoms with Gasteiger partial charge in [0.15, 0.2) is 0 Å². The summed E-state index contributed by atoms with van der Waals surface area (Å²) in [5.74, 6) is 0.697. The Bertz CT molecular complexity index is 178. The minimum absolute atomic E-state index is 0.296. The Balaban J connectivity index is 2.12. The monoisotopic (exact) mass is 153 g/mol. The minimum Gasteiger partial charge on any atom is -0.339 e. The summed E-state index contributed by atoms with van der Waals surface area (Å²) in [6, 6.07) is 0.610. The molecule has 0 aromatic carbocycles. The van der Waals surface area contributed by atoms with Crippen molar-refractivity contribution in [3.63, 3.8) is 0 Å². The lowest BCUT2D eigenvalue weighted by Gasteiger charge is -2.32. The molecule has 0 saturated carbocycles. The van der Waals surface area contributed by atoms with Crippen molar-refractivity contribution in [3.8, 4) is 0 Å². The quantitative estimate of drug-likeness (QED) is 0.515. The van der Waals surface area contributed by atoms with Gasteiger partial charge in [0.2, 0.25) is 5.91 Å². The van der Waals surface area contributed by atoms with Gasteiger partial charge in [0.05, 0.1) is 0 Å². The second kappa shape index (κ2) is 2.50.